The normalized spacial score (nSPS) is 12.0. The number of aromatic amines is 1. The van der Waals surface area contributed by atoms with E-state index in [4.69, 9.17) is 11.6 Å². The zero-order chi connectivity index (χ0) is 10.7. The second kappa shape index (κ2) is 4.31. The summed E-state index contributed by atoms with van der Waals surface area (Å²) in [6.45, 7) is 2.48. The van der Waals surface area contributed by atoms with Crippen LogP contribution in [-0.2, 0) is 0 Å². The first-order valence-electron chi connectivity index (χ1n) is 4.62. The molecule has 2 N–H and O–H groups in total. The number of nitrogens with zero attached hydrogens (tertiary/aromatic N) is 2. The smallest absolute Gasteiger partial charge is 0.174 e. The van der Waals surface area contributed by atoms with Crippen molar-refractivity contribution >= 4 is 28.5 Å². The summed E-state index contributed by atoms with van der Waals surface area (Å²) < 4.78 is 0. The Balaban J connectivity index is 2.18. The number of hydrogen-bond acceptors (Lipinski definition) is 3. The molecule has 0 aliphatic carbocycles. The fraction of sp³-hybridized carbons (Fsp3) is 0.200. The van der Waals surface area contributed by atoms with Crippen LogP contribution in [0.15, 0.2) is 29.4 Å². The van der Waals surface area contributed by atoms with Gasteiger partial charge in [0.1, 0.15) is 5.52 Å². The van der Waals surface area contributed by atoms with Crippen LogP contribution in [-0.4, -0.2) is 21.7 Å². The molecular weight excluding hydrogens is 212 g/mol. The first-order chi connectivity index (χ1) is 7.27. The van der Waals surface area contributed by atoms with Crippen molar-refractivity contribution in [1.29, 1.82) is 0 Å². The minimum Gasteiger partial charge on any atom is -0.363 e. The molecule has 5 heteroatoms. The third-order valence-corrected chi connectivity index (χ3v) is 2.13. The van der Waals surface area contributed by atoms with E-state index < -0.39 is 0 Å². The van der Waals surface area contributed by atoms with Gasteiger partial charge >= 0.3 is 0 Å². The van der Waals surface area contributed by atoms with E-state index >= 15 is 0 Å². The Morgan fingerprint density at radius 3 is 3.33 bits per heavy atom. The lowest BCUT2D eigenvalue weighted by molar-refractivity contribution is 1.10. The van der Waals surface area contributed by atoms with Crippen LogP contribution in [0.4, 0.5) is 5.82 Å². The Bertz CT molecular complexity index is 485. The summed E-state index contributed by atoms with van der Waals surface area (Å²) in [6, 6.07) is 3.80. The minimum atomic E-state index is 0.645. The summed E-state index contributed by atoms with van der Waals surface area (Å²) >= 11 is 5.71. The molecule has 0 aliphatic heterocycles. The van der Waals surface area contributed by atoms with E-state index in [2.05, 4.69) is 20.5 Å². The van der Waals surface area contributed by atoms with E-state index in [1.54, 1.807) is 6.20 Å². The van der Waals surface area contributed by atoms with Gasteiger partial charge in [-0.25, -0.2) is 0 Å². The lowest BCUT2D eigenvalue weighted by Crippen LogP contribution is -1.99. The number of hydrogen-bond donors (Lipinski definition) is 2. The third-order valence-electron chi connectivity index (χ3n) is 1.97. The quantitative estimate of drug-likeness (QED) is 0.839. The number of fused-ring (bicyclic) bond motifs is 1. The summed E-state index contributed by atoms with van der Waals surface area (Å²) in [5.74, 6) is 0.750. The molecular formula is C10H11ClN4. The van der Waals surface area contributed by atoms with Gasteiger partial charge < -0.3 is 5.32 Å². The highest BCUT2D eigenvalue weighted by atomic mass is 35.5. The summed E-state index contributed by atoms with van der Waals surface area (Å²) in [6.07, 6.45) is 3.62. The Morgan fingerprint density at radius 2 is 2.53 bits per heavy atom. The molecule has 78 valence electrons. The molecule has 0 spiro atoms. The van der Waals surface area contributed by atoms with Gasteiger partial charge in [-0.05, 0) is 19.1 Å². The molecule has 15 heavy (non-hydrogen) atoms. The van der Waals surface area contributed by atoms with Crippen LogP contribution in [0.2, 0.25) is 0 Å². The summed E-state index contributed by atoms with van der Waals surface area (Å²) in [7, 11) is 0. The molecule has 0 saturated heterocycles. The lowest BCUT2D eigenvalue weighted by atomic mass is 10.4. The van der Waals surface area contributed by atoms with Gasteiger partial charge in [-0.1, -0.05) is 17.7 Å². The van der Waals surface area contributed by atoms with Crippen LogP contribution in [0.1, 0.15) is 6.92 Å². The van der Waals surface area contributed by atoms with Crippen molar-refractivity contribution in [3.8, 4) is 0 Å². The molecule has 0 aromatic carbocycles. The summed E-state index contributed by atoms with van der Waals surface area (Å²) in [5.41, 5.74) is 1.77. The molecule has 2 aromatic rings. The van der Waals surface area contributed by atoms with Gasteiger partial charge in [-0.3, -0.25) is 10.1 Å². The number of aromatic nitrogens is 3. The highest BCUT2D eigenvalue weighted by Crippen LogP contribution is 2.16. The fourth-order valence-electron chi connectivity index (χ4n) is 1.26. The van der Waals surface area contributed by atoms with E-state index in [1.807, 2.05) is 25.1 Å². The van der Waals surface area contributed by atoms with Crippen molar-refractivity contribution in [2.24, 2.45) is 0 Å². The van der Waals surface area contributed by atoms with Crippen LogP contribution < -0.4 is 5.32 Å². The highest BCUT2D eigenvalue weighted by Gasteiger charge is 2.03. The first kappa shape index (κ1) is 9.98. The minimum absolute atomic E-state index is 0.645. The van der Waals surface area contributed by atoms with Crippen LogP contribution in [0.25, 0.3) is 11.0 Å². The Hall–Kier alpha value is -1.55. The van der Waals surface area contributed by atoms with E-state index in [-0.39, 0.29) is 0 Å². The van der Waals surface area contributed by atoms with Crippen LogP contribution in [0, 0.1) is 0 Å². The predicted octanol–water partition coefficient (Wildman–Crippen LogP) is 2.51. The van der Waals surface area contributed by atoms with E-state index in [0.29, 0.717) is 6.54 Å². The average Bonchev–Trinajstić information content (AvgIpc) is 2.62. The standard InChI is InChI=1S/C10H11ClN4/c1-7(11)4-6-13-10-9-8(14-15-10)3-2-5-12-9/h2-5H,6H2,1H3,(H2,13,14,15)/b7-4+. The maximum Gasteiger partial charge on any atom is 0.174 e. The Morgan fingerprint density at radius 1 is 1.67 bits per heavy atom. The second-order valence-corrected chi connectivity index (χ2v) is 3.74. The predicted molar refractivity (Wildman–Crippen MR) is 62.0 cm³/mol. The maximum atomic E-state index is 5.71. The van der Waals surface area contributed by atoms with Crippen molar-refractivity contribution in [2.75, 3.05) is 11.9 Å². The molecule has 2 heterocycles. The van der Waals surface area contributed by atoms with E-state index in [9.17, 15) is 0 Å². The lowest BCUT2D eigenvalue weighted by Gasteiger charge is -1.97. The van der Waals surface area contributed by atoms with Crippen molar-refractivity contribution in [1.82, 2.24) is 15.2 Å². The van der Waals surface area contributed by atoms with E-state index in [0.717, 1.165) is 21.9 Å². The van der Waals surface area contributed by atoms with Crippen molar-refractivity contribution in [3.63, 3.8) is 0 Å². The molecule has 2 aromatic heterocycles. The first-order valence-corrected chi connectivity index (χ1v) is 5.00. The molecule has 0 amide bonds. The fourth-order valence-corrected chi connectivity index (χ4v) is 1.34. The second-order valence-electron chi connectivity index (χ2n) is 3.14. The molecule has 0 aliphatic rings. The molecule has 4 nitrogen and oxygen atoms in total. The summed E-state index contributed by atoms with van der Waals surface area (Å²) in [5, 5.41) is 10.9. The monoisotopic (exact) mass is 222 g/mol. The third kappa shape index (κ3) is 2.27. The number of rotatable bonds is 3. The molecule has 0 radical (unpaired) electrons. The number of H-pyrrole nitrogens is 1. The average molecular weight is 223 g/mol. The largest absolute Gasteiger partial charge is 0.363 e. The molecule has 0 bridgehead atoms. The Labute approximate surface area is 92.4 Å². The van der Waals surface area contributed by atoms with Crippen molar-refractivity contribution in [2.45, 2.75) is 6.92 Å². The number of nitrogens with one attached hydrogen (secondary N) is 2. The number of halogens is 1. The highest BCUT2D eigenvalue weighted by molar-refractivity contribution is 6.29. The van der Waals surface area contributed by atoms with Crippen molar-refractivity contribution in [3.05, 3.63) is 29.4 Å². The molecule has 0 saturated carbocycles. The zero-order valence-corrected chi connectivity index (χ0v) is 9.04. The van der Waals surface area contributed by atoms with Gasteiger partial charge in [-0.15, -0.1) is 0 Å². The van der Waals surface area contributed by atoms with Crippen LogP contribution in [0.5, 0.6) is 0 Å². The van der Waals surface area contributed by atoms with Gasteiger partial charge in [0, 0.05) is 17.8 Å². The Kier molecular flexibility index (Phi) is 2.87. The number of allylic oxidation sites excluding steroid dienone is 1. The molecule has 0 fully saturated rings. The van der Waals surface area contributed by atoms with Gasteiger partial charge in [0.05, 0.1) is 5.52 Å². The van der Waals surface area contributed by atoms with Crippen molar-refractivity contribution < 1.29 is 0 Å². The SMILES string of the molecule is C/C(Cl)=C\CNc1n[nH]c2cccnc12. The van der Waals surface area contributed by atoms with Gasteiger partial charge in [0.25, 0.3) is 0 Å². The van der Waals surface area contributed by atoms with Gasteiger partial charge in [-0.2, -0.15) is 5.10 Å². The number of anilines is 1. The molecule has 0 unspecified atom stereocenters. The molecule has 2 rings (SSSR count). The topological polar surface area (TPSA) is 53.6 Å². The van der Waals surface area contributed by atoms with Crippen LogP contribution >= 0.6 is 11.6 Å². The van der Waals surface area contributed by atoms with Crippen LogP contribution in [0.3, 0.4) is 0 Å². The zero-order valence-electron chi connectivity index (χ0n) is 8.29. The number of pyridine rings is 1. The summed E-state index contributed by atoms with van der Waals surface area (Å²) in [4.78, 5) is 4.23. The van der Waals surface area contributed by atoms with Gasteiger partial charge in [0.15, 0.2) is 5.82 Å². The molecule has 0 atom stereocenters. The van der Waals surface area contributed by atoms with Gasteiger partial charge in [0.2, 0.25) is 0 Å². The maximum absolute atomic E-state index is 5.71. The van der Waals surface area contributed by atoms with E-state index in [1.165, 1.54) is 0 Å².